The molecule has 17 heavy (non-hydrogen) atoms. The molecule has 2 N–H and O–H groups in total. The van der Waals surface area contributed by atoms with Crippen LogP contribution in [-0.2, 0) is 14.3 Å². The van der Waals surface area contributed by atoms with Gasteiger partial charge in [-0.2, -0.15) is 0 Å². The van der Waals surface area contributed by atoms with Gasteiger partial charge in [0.05, 0.1) is 18.6 Å². The number of amides is 1. The van der Waals surface area contributed by atoms with E-state index in [0.29, 0.717) is 13.1 Å². The van der Waals surface area contributed by atoms with E-state index in [1.54, 1.807) is 11.9 Å². The number of carboxylic acid groups (broad SMARTS) is 1. The van der Waals surface area contributed by atoms with E-state index < -0.39 is 17.1 Å². The van der Waals surface area contributed by atoms with Gasteiger partial charge < -0.3 is 20.1 Å². The molecule has 1 aliphatic heterocycles. The van der Waals surface area contributed by atoms with E-state index in [9.17, 15) is 9.59 Å². The van der Waals surface area contributed by atoms with Gasteiger partial charge in [0.15, 0.2) is 0 Å². The molecule has 0 radical (unpaired) electrons. The van der Waals surface area contributed by atoms with E-state index in [1.807, 2.05) is 20.8 Å². The second kappa shape index (κ2) is 4.62. The van der Waals surface area contributed by atoms with E-state index in [1.165, 1.54) is 0 Å². The topological polar surface area (TPSA) is 78.9 Å². The predicted molar refractivity (Wildman–Crippen MR) is 61.7 cm³/mol. The highest BCUT2D eigenvalue weighted by atomic mass is 16.5. The van der Waals surface area contributed by atoms with Crippen molar-refractivity contribution in [1.82, 2.24) is 10.2 Å². The summed E-state index contributed by atoms with van der Waals surface area (Å²) < 4.78 is 5.24. The van der Waals surface area contributed by atoms with Gasteiger partial charge in [0.2, 0.25) is 5.91 Å². The van der Waals surface area contributed by atoms with Crippen molar-refractivity contribution in [3.63, 3.8) is 0 Å². The number of carbonyl (C=O) groups excluding carboxylic acids is 1. The number of carboxylic acids is 1. The van der Waals surface area contributed by atoms with Crippen molar-refractivity contribution in [3.05, 3.63) is 0 Å². The summed E-state index contributed by atoms with van der Waals surface area (Å²) in [5.74, 6) is -0.997. The third-order valence-corrected chi connectivity index (χ3v) is 3.04. The zero-order valence-corrected chi connectivity index (χ0v) is 10.7. The molecule has 1 amide bonds. The Balaban J connectivity index is 2.45. The molecule has 1 aliphatic rings. The van der Waals surface area contributed by atoms with Gasteiger partial charge in [-0.05, 0) is 27.8 Å². The molecule has 1 saturated heterocycles. The molecular weight excluding hydrogens is 224 g/mol. The maximum atomic E-state index is 12.0. The van der Waals surface area contributed by atoms with E-state index in [0.717, 1.165) is 0 Å². The monoisotopic (exact) mass is 244 g/mol. The minimum atomic E-state index is -0.994. The van der Waals surface area contributed by atoms with Crippen molar-refractivity contribution in [2.75, 3.05) is 26.7 Å². The number of hydrogen-bond acceptors (Lipinski definition) is 4. The lowest BCUT2D eigenvalue weighted by Crippen LogP contribution is -2.68. The molecule has 0 aromatic heterocycles. The highest BCUT2D eigenvalue weighted by Gasteiger charge is 2.46. The number of ether oxygens (including phenoxy) is 1. The van der Waals surface area contributed by atoms with Crippen LogP contribution in [0.15, 0.2) is 0 Å². The molecule has 1 heterocycles. The smallest absolute Gasteiger partial charge is 0.329 e. The van der Waals surface area contributed by atoms with Gasteiger partial charge in [0, 0.05) is 0 Å². The maximum Gasteiger partial charge on any atom is 0.329 e. The van der Waals surface area contributed by atoms with Crippen molar-refractivity contribution >= 4 is 11.9 Å². The van der Waals surface area contributed by atoms with E-state index in [2.05, 4.69) is 5.32 Å². The number of hydrogen-bond donors (Lipinski definition) is 2. The van der Waals surface area contributed by atoms with Crippen LogP contribution in [0, 0.1) is 0 Å². The molecule has 0 spiro atoms. The molecule has 0 atom stereocenters. The highest BCUT2D eigenvalue weighted by molar-refractivity contribution is 5.86. The third-order valence-electron chi connectivity index (χ3n) is 3.04. The van der Waals surface area contributed by atoms with Crippen molar-refractivity contribution in [2.45, 2.75) is 31.9 Å². The summed E-state index contributed by atoms with van der Waals surface area (Å²) in [6.07, 6.45) is 0. The molecule has 1 fully saturated rings. The number of aliphatic carboxylic acids is 1. The first-order chi connectivity index (χ1) is 7.70. The quantitative estimate of drug-likeness (QED) is 0.693. The first-order valence-corrected chi connectivity index (χ1v) is 5.54. The fraction of sp³-hybridized carbons (Fsp3) is 0.818. The summed E-state index contributed by atoms with van der Waals surface area (Å²) >= 11 is 0. The minimum Gasteiger partial charge on any atom is -0.480 e. The van der Waals surface area contributed by atoms with Gasteiger partial charge in [-0.15, -0.1) is 0 Å². The van der Waals surface area contributed by atoms with Crippen LogP contribution in [0.4, 0.5) is 0 Å². The van der Waals surface area contributed by atoms with Crippen LogP contribution in [-0.4, -0.2) is 59.8 Å². The van der Waals surface area contributed by atoms with E-state index >= 15 is 0 Å². The Kier molecular flexibility index (Phi) is 3.78. The molecule has 0 aromatic rings. The summed E-state index contributed by atoms with van der Waals surface area (Å²) in [4.78, 5) is 24.1. The van der Waals surface area contributed by atoms with Crippen molar-refractivity contribution in [3.8, 4) is 0 Å². The lowest BCUT2D eigenvalue weighted by molar-refractivity contribution is -0.176. The maximum absolute atomic E-state index is 12.0. The number of likely N-dealkylation sites (N-methyl/N-ethyl adjacent to an activating group) is 1. The Labute approximate surface area is 101 Å². The Morgan fingerprint density at radius 1 is 1.47 bits per heavy atom. The predicted octanol–water partition coefficient (Wildman–Crippen LogP) is -0.313. The third kappa shape index (κ3) is 3.17. The zero-order chi connectivity index (χ0) is 13.3. The summed E-state index contributed by atoms with van der Waals surface area (Å²) in [6, 6.07) is 0. The largest absolute Gasteiger partial charge is 0.480 e. The Bertz CT molecular complexity index is 321. The van der Waals surface area contributed by atoms with Gasteiger partial charge in [-0.1, -0.05) is 0 Å². The van der Waals surface area contributed by atoms with Crippen LogP contribution < -0.4 is 5.32 Å². The average Bonchev–Trinajstić information content (AvgIpc) is 2.21. The van der Waals surface area contributed by atoms with Gasteiger partial charge in [-0.25, -0.2) is 4.79 Å². The molecule has 1 rings (SSSR count). The van der Waals surface area contributed by atoms with Crippen molar-refractivity contribution < 1.29 is 19.4 Å². The molecule has 0 bridgehead atoms. The van der Waals surface area contributed by atoms with E-state index in [-0.39, 0.29) is 12.5 Å². The number of carbonyl (C=O) groups is 2. The van der Waals surface area contributed by atoms with Gasteiger partial charge in [0.1, 0.15) is 12.2 Å². The molecular formula is C11H20N2O4. The van der Waals surface area contributed by atoms with Crippen molar-refractivity contribution in [2.24, 2.45) is 0 Å². The number of nitrogens with zero attached hydrogens (tertiary/aromatic N) is 1. The number of nitrogens with one attached hydrogen (secondary N) is 1. The fourth-order valence-electron chi connectivity index (χ4n) is 1.73. The van der Waals surface area contributed by atoms with Gasteiger partial charge in [0.25, 0.3) is 0 Å². The second-order valence-electron chi connectivity index (χ2n) is 5.17. The van der Waals surface area contributed by atoms with Crippen LogP contribution >= 0.6 is 0 Å². The summed E-state index contributed by atoms with van der Waals surface area (Å²) in [5.41, 5.74) is -1.13. The lowest BCUT2D eigenvalue weighted by Gasteiger charge is -2.49. The average molecular weight is 244 g/mol. The number of rotatable bonds is 5. The Morgan fingerprint density at radius 3 is 2.41 bits per heavy atom. The number of likely N-dealkylation sites (tertiary alicyclic amines) is 1. The molecule has 0 aromatic carbocycles. The summed E-state index contributed by atoms with van der Waals surface area (Å²) in [7, 11) is 1.73. The van der Waals surface area contributed by atoms with E-state index in [4.69, 9.17) is 9.84 Å². The molecule has 0 unspecified atom stereocenters. The first-order valence-electron chi connectivity index (χ1n) is 5.54. The minimum absolute atomic E-state index is 0.00333. The zero-order valence-electron chi connectivity index (χ0n) is 10.7. The molecule has 0 saturated carbocycles. The van der Waals surface area contributed by atoms with Crippen molar-refractivity contribution in [1.29, 1.82) is 0 Å². The van der Waals surface area contributed by atoms with Crippen LogP contribution in [0.3, 0.4) is 0 Å². The molecule has 6 nitrogen and oxygen atoms in total. The normalized spacial score (nSPS) is 18.7. The van der Waals surface area contributed by atoms with Crippen LogP contribution in [0.2, 0.25) is 0 Å². The van der Waals surface area contributed by atoms with Gasteiger partial charge in [-0.3, -0.25) is 4.79 Å². The first kappa shape index (κ1) is 13.9. The fourth-order valence-corrected chi connectivity index (χ4v) is 1.73. The van der Waals surface area contributed by atoms with Crippen LogP contribution in [0.1, 0.15) is 20.8 Å². The van der Waals surface area contributed by atoms with Gasteiger partial charge >= 0.3 is 5.97 Å². The standard InChI is InChI=1S/C11H20N2O4/c1-10(2,12-4)9(16)13-6-11(3,7-13)17-5-8(14)15/h12H,5-7H2,1-4H3,(H,14,15). The molecule has 0 aliphatic carbocycles. The highest BCUT2D eigenvalue weighted by Crippen LogP contribution is 2.26. The SMILES string of the molecule is CNC(C)(C)C(=O)N1CC(C)(OCC(=O)O)C1. The molecule has 6 heteroatoms. The Hall–Kier alpha value is -1.14. The molecule has 98 valence electrons. The summed E-state index contributed by atoms with van der Waals surface area (Å²) in [5, 5.41) is 11.5. The van der Waals surface area contributed by atoms with Crippen LogP contribution in [0.25, 0.3) is 0 Å². The lowest BCUT2D eigenvalue weighted by atomic mass is 9.92. The van der Waals surface area contributed by atoms with Crippen LogP contribution in [0.5, 0.6) is 0 Å². The second-order valence-corrected chi connectivity index (χ2v) is 5.17. The Morgan fingerprint density at radius 2 is 2.00 bits per heavy atom. The summed E-state index contributed by atoms with van der Waals surface area (Å²) in [6.45, 7) is 5.97.